The fraction of sp³-hybridized carbons (Fsp3) is 0.889. The van der Waals surface area contributed by atoms with Crippen molar-refractivity contribution in [3.05, 3.63) is 0 Å². The van der Waals surface area contributed by atoms with Crippen LogP contribution in [0.25, 0.3) is 0 Å². The number of hydrogen-bond donors (Lipinski definition) is 3. The van der Waals surface area contributed by atoms with Crippen molar-refractivity contribution in [2.24, 2.45) is 0 Å². The topological polar surface area (TPSA) is 72.8 Å². The number of β-amino-alcohol motifs (C(OH)–C–C–N with tert-alkyl or cyclic N) is 1. The van der Waals surface area contributed by atoms with E-state index >= 15 is 0 Å². The largest absolute Gasteiger partial charge is 0.396 e. The van der Waals surface area contributed by atoms with Gasteiger partial charge in [-0.3, -0.25) is 9.69 Å². The highest BCUT2D eigenvalue weighted by Gasteiger charge is 2.32. The van der Waals surface area contributed by atoms with Crippen molar-refractivity contribution >= 4 is 5.91 Å². The molecule has 1 aliphatic rings. The Kier molecular flexibility index (Phi) is 4.31. The van der Waals surface area contributed by atoms with Gasteiger partial charge in [-0.2, -0.15) is 0 Å². The van der Waals surface area contributed by atoms with E-state index in [0.717, 1.165) is 0 Å². The van der Waals surface area contributed by atoms with Crippen LogP contribution < -0.4 is 5.32 Å². The normalized spacial score (nSPS) is 27.9. The van der Waals surface area contributed by atoms with E-state index in [1.54, 1.807) is 0 Å². The Hall–Kier alpha value is -0.650. The Labute approximate surface area is 83.7 Å². The van der Waals surface area contributed by atoms with Crippen LogP contribution in [0, 0.1) is 0 Å². The summed E-state index contributed by atoms with van der Waals surface area (Å²) in [7, 11) is 1.83. The highest BCUT2D eigenvalue weighted by Crippen LogP contribution is 2.15. The maximum absolute atomic E-state index is 11.5. The molecule has 5 nitrogen and oxygen atoms in total. The zero-order valence-corrected chi connectivity index (χ0v) is 8.44. The molecule has 0 aromatic rings. The van der Waals surface area contributed by atoms with Crippen molar-refractivity contribution in [2.75, 3.05) is 26.7 Å². The minimum atomic E-state index is -0.395. The third-order valence-electron chi connectivity index (χ3n) is 2.46. The second kappa shape index (κ2) is 5.29. The molecular formula is C9H18N2O3. The van der Waals surface area contributed by atoms with Gasteiger partial charge in [-0.05, 0) is 19.9 Å². The monoisotopic (exact) mass is 202 g/mol. The van der Waals surface area contributed by atoms with Crippen LogP contribution in [0.4, 0.5) is 0 Å². The van der Waals surface area contributed by atoms with Crippen LogP contribution in [-0.2, 0) is 4.79 Å². The lowest BCUT2D eigenvalue weighted by atomic mass is 10.2. The SMILES string of the molecule is CN1C[C@H](O)C[C@@H]1C(=O)NCCCO. The molecule has 1 saturated heterocycles. The molecule has 0 saturated carbocycles. The molecule has 0 aromatic carbocycles. The summed E-state index contributed by atoms with van der Waals surface area (Å²) in [5.74, 6) is -0.0579. The average Bonchev–Trinajstić information content (AvgIpc) is 2.45. The second-order valence-electron chi connectivity index (χ2n) is 3.71. The van der Waals surface area contributed by atoms with Gasteiger partial charge in [0.15, 0.2) is 0 Å². The first-order valence-corrected chi connectivity index (χ1v) is 4.92. The van der Waals surface area contributed by atoms with Gasteiger partial charge < -0.3 is 15.5 Å². The van der Waals surface area contributed by atoms with Crippen molar-refractivity contribution in [1.29, 1.82) is 0 Å². The Morgan fingerprint density at radius 1 is 1.64 bits per heavy atom. The molecule has 0 bridgehead atoms. The molecule has 1 fully saturated rings. The summed E-state index contributed by atoms with van der Waals surface area (Å²) >= 11 is 0. The van der Waals surface area contributed by atoms with E-state index in [4.69, 9.17) is 5.11 Å². The van der Waals surface area contributed by atoms with Crippen LogP contribution in [0.3, 0.4) is 0 Å². The van der Waals surface area contributed by atoms with Crippen molar-refractivity contribution in [2.45, 2.75) is 25.0 Å². The highest BCUT2D eigenvalue weighted by atomic mass is 16.3. The molecule has 0 unspecified atom stereocenters. The van der Waals surface area contributed by atoms with E-state index in [0.29, 0.717) is 25.9 Å². The number of likely N-dealkylation sites (N-methyl/N-ethyl adjacent to an activating group) is 1. The maximum Gasteiger partial charge on any atom is 0.237 e. The lowest BCUT2D eigenvalue weighted by molar-refractivity contribution is -0.125. The first-order valence-electron chi connectivity index (χ1n) is 4.92. The Morgan fingerprint density at radius 2 is 2.36 bits per heavy atom. The second-order valence-corrected chi connectivity index (χ2v) is 3.71. The van der Waals surface area contributed by atoms with Crippen LogP contribution >= 0.6 is 0 Å². The van der Waals surface area contributed by atoms with Crippen molar-refractivity contribution in [1.82, 2.24) is 10.2 Å². The predicted molar refractivity (Wildman–Crippen MR) is 51.8 cm³/mol. The van der Waals surface area contributed by atoms with Crippen LogP contribution in [-0.4, -0.2) is 59.9 Å². The van der Waals surface area contributed by atoms with Crippen LogP contribution in [0.2, 0.25) is 0 Å². The van der Waals surface area contributed by atoms with E-state index in [-0.39, 0.29) is 18.6 Å². The molecule has 0 aliphatic carbocycles. The first-order chi connectivity index (χ1) is 6.65. The number of carbonyl (C=O) groups is 1. The lowest BCUT2D eigenvalue weighted by Gasteiger charge is -2.17. The van der Waals surface area contributed by atoms with Gasteiger partial charge >= 0.3 is 0 Å². The standard InChI is InChI=1S/C9H18N2O3/c1-11-6-7(13)5-8(11)9(14)10-3-2-4-12/h7-8,12-13H,2-6H2,1H3,(H,10,14)/t7-,8-/m1/s1. The molecule has 3 N–H and O–H groups in total. The average molecular weight is 202 g/mol. The van der Waals surface area contributed by atoms with Gasteiger partial charge in [-0.1, -0.05) is 0 Å². The van der Waals surface area contributed by atoms with E-state index < -0.39 is 6.10 Å². The Balaban J connectivity index is 2.30. The molecule has 14 heavy (non-hydrogen) atoms. The summed E-state index contributed by atoms with van der Waals surface area (Å²) in [5, 5.41) is 20.6. The summed E-state index contributed by atoms with van der Waals surface area (Å²) in [5.41, 5.74) is 0. The van der Waals surface area contributed by atoms with Gasteiger partial charge in [0.05, 0.1) is 12.1 Å². The number of rotatable bonds is 4. The van der Waals surface area contributed by atoms with E-state index in [9.17, 15) is 9.90 Å². The van der Waals surface area contributed by atoms with Gasteiger partial charge in [0, 0.05) is 19.7 Å². The summed E-state index contributed by atoms with van der Waals surface area (Å²) in [6.45, 7) is 1.14. The van der Waals surface area contributed by atoms with Gasteiger partial charge in [0.25, 0.3) is 0 Å². The molecule has 82 valence electrons. The van der Waals surface area contributed by atoms with Crippen LogP contribution in [0.15, 0.2) is 0 Å². The molecule has 1 rings (SSSR count). The number of hydrogen-bond acceptors (Lipinski definition) is 4. The number of aliphatic hydroxyl groups is 2. The molecule has 0 aromatic heterocycles. The predicted octanol–water partition coefficient (Wildman–Crippen LogP) is -1.45. The fourth-order valence-electron chi connectivity index (χ4n) is 1.69. The van der Waals surface area contributed by atoms with Gasteiger partial charge in [-0.25, -0.2) is 0 Å². The van der Waals surface area contributed by atoms with E-state index in [2.05, 4.69) is 5.32 Å². The fourth-order valence-corrected chi connectivity index (χ4v) is 1.69. The Morgan fingerprint density at radius 3 is 2.86 bits per heavy atom. The number of carbonyl (C=O) groups excluding carboxylic acids is 1. The Bertz CT molecular complexity index is 198. The lowest BCUT2D eigenvalue weighted by Crippen LogP contribution is -2.41. The summed E-state index contributed by atoms with van der Waals surface area (Å²) in [6, 6.07) is -0.219. The van der Waals surface area contributed by atoms with E-state index in [1.807, 2.05) is 11.9 Å². The smallest absolute Gasteiger partial charge is 0.237 e. The minimum absolute atomic E-state index is 0.0579. The van der Waals surface area contributed by atoms with Gasteiger partial charge in [0.2, 0.25) is 5.91 Å². The molecule has 1 heterocycles. The van der Waals surface area contributed by atoms with E-state index in [1.165, 1.54) is 0 Å². The number of amides is 1. The van der Waals surface area contributed by atoms with Crippen molar-refractivity contribution in [3.8, 4) is 0 Å². The van der Waals surface area contributed by atoms with Crippen molar-refractivity contribution in [3.63, 3.8) is 0 Å². The zero-order valence-electron chi connectivity index (χ0n) is 8.44. The molecule has 2 atom stereocenters. The molecule has 1 amide bonds. The zero-order chi connectivity index (χ0) is 10.6. The molecule has 0 spiro atoms. The first kappa shape index (κ1) is 11.4. The molecule has 0 radical (unpaired) electrons. The third-order valence-corrected chi connectivity index (χ3v) is 2.46. The molecular weight excluding hydrogens is 184 g/mol. The third kappa shape index (κ3) is 2.94. The van der Waals surface area contributed by atoms with Crippen molar-refractivity contribution < 1.29 is 15.0 Å². The number of nitrogens with one attached hydrogen (secondary N) is 1. The maximum atomic E-state index is 11.5. The molecule has 1 aliphatic heterocycles. The van der Waals surface area contributed by atoms with Crippen LogP contribution in [0.5, 0.6) is 0 Å². The number of likely N-dealkylation sites (tertiary alicyclic amines) is 1. The summed E-state index contributed by atoms with van der Waals surface area (Å²) in [4.78, 5) is 13.4. The van der Waals surface area contributed by atoms with Crippen LogP contribution in [0.1, 0.15) is 12.8 Å². The summed E-state index contributed by atoms with van der Waals surface area (Å²) in [6.07, 6.45) is 0.681. The summed E-state index contributed by atoms with van der Waals surface area (Å²) < 4.78 is 0. The van der Waals surface area contributed by atoms with Gasteiger partial charge in [-0.15, -0.1) is 0 Å². The molecule has 5 heteroatoms. The quantitative estimate of drug-likeness (QED) is 0.488. The minimum Gasteiger partial charge on any atom is -0.396 e. The van der Waals surface area contributed by atoms with Gasteiger partial charge in [0.1, 0.15) is 0 Å². The highest BCUT2D eigenvalue weighted by molar-refractivity contribution is 5.82. The number of aliphatic hydroxyl groups excluding tert-OH is 2. The number of nitrogens with zero attached hydrogens (tertiary/aromatic N) is 1.